The van der Waals surface area contributed by atoms with Gasteiger partial charge in [-0.25, -0.2) is 9.78 Å². The van der Waals surface area contributed by atoms with Gasteiger partial charge < -0.3 is 10.0 Å². The smallest absolute Gasteiger partial charge is 0.407 e. The summed E-state index contributed by atoms with van der Waals surface area (Å²) in [7, 11) is 0. The number of fused-ring (bicyclic) bond motifs is 1. The molecule has 1 N–H and O–H groups in total. The fourth-order valence-corrected chi connectivity index (χ4v) is 3.89. The van der Waals surface area contributed by atoms with Crippen molar-refractivity contribution in [1.82, 2.24) is 9.88 Å². The van der Waals surface area contributed by atoms with E-state index in [9.17, 15) is 4.79 Å². The second-order valence-electron chi connectivity index (χ2n) is 4.76. The van der Waals surface area contributed by atoms with E-state index in [0.29, 0.717) is 19.5 Å². The Morgan fingerprint density at radius 1 is 1.50 bits per heavy atom. The van der Waals surface area contributed by atoms with Gasteiger partial charge in [-0.05, 0) is 18.6 Å². The van der Waals surface area contributed by atoms with Crippen LogP contribution in [0.1, 0.15) is 16.1 Å². The van der Waals surface area contributed by atoms with Gasteiger partial charge in [0.15, 0.2) is 0 Å². The summed E-state index contributed by atoms with van der Waals surface area (Å²) in [6, 6.07) is 6.06. The lowest BCUT2D eigenvalue weighted by molar-refractivity contribution is 0.140. The first-order chi connectivity index (χ1) is 9.56. The molecule has 104 valence electrons. The number of hydrogen-bond acceptors (Lipinski definition) is 3. The number of nitrogens with zero attached hydrogens (tertiary/aromatic N) is 2. The topological polar surface area (TPSA) is 53.4 Å². The average molecular weight is 353 g/mol. The second-order valence-corrected chi connectivity index (χ2v) is 6.69. The highest BCUT2D eigenvalue weighted by Gasteiger charge is 2.24. The Bertz CT molecular complexity index is 684. The standard InChI is InChI=1S/C14H13BrN2O2S/c1-8-9(3-2-4-10(8)15)13-16-11-5-6-17(14(18)19)7-12(11)20-13/h2-4H,5-7H2,1H3,(H,18,19). The fraction of sp³-hybridized carbons (Fsp3) is 0.286. The Morgan fingerprint density at radius 2 is 2.30 bits per heavy atom. The summed E-state index contributed by atoms with van der Waals surface area (Å²) in [5, 5.41) is 10.0. The number of rotatable bonds is 1. The third kappa shape index (κ3) is 2.33. The van der Waals surface area contributed by atoms with Crippen LogP contribution in [0.5, 0.6) is 0 Å². The van der Waals surface area contributed by atoms with E-state index in [1.807, 2.05) is 12.1 Å². The summed E-state index contributed by atoms with van der Waals surface area (Å²) in [6.07, 6.45) is -0.158. The molecule has 0 aliphatic carbocycles. The third-order valence-corrected chi connectivity index (χ3v) is 5.47. The first-order valence-corrected chi connectivity index (χ1v) is 7.89. The summed E-state index contributed by atoms with van der Waals surface area (Å²) < 4.78 is 1.07. The monoisotopic (exact) mass is 352 g/mol. The Balaban J connectivity index is 1.98. The molecule has 0 saturated heterocycles. The highest BCUT2D eigenvalue weighted by atomic mass is 79.9. The quantitative estimate of drug-likeness (QED) is 0.846. The van der Waals surface area contributed by atoms with Gasteiger partial charge in [0.2, 0.25) is 0 Å². The average Bonchev–Trinajstić information content (AvgIpc) is 2.84. The molecule has 0 saturated carbocycles. The molecule has 1 aliphatic rings. The minimum atomic E-state index is -0.857. The summed E-state index contributed by atoms with van der Waals surface area (Å²) >= 11 is 5.13. The SMILES string of the molecule is Cc1c(Br)cccc1-c1nc2c(s1)CN(C(=O)O)CC2. The second kappa shape index (κ2) is 5.18. The van der Waals surface area contributed by atoms with Crippen LogP contribution in [0.3, 0.4) is 0 Å². The highest BCUT2D eigenvalue weighted by Crippen LogP contribution is 2.35. The fourth-order valence-electron chi connectivity index (χ4n) is 2.31. The van der Waals surface area contributed by atoms with E-state index >= 15 is 0 Å². The number of amides is 1. The molecule has 1 aliphatic heterocycles. The van der Waals surface area contributed by atoms with E-state index in [4.69, 9.17) is 10.1 Å². The highest BCUT2D eigenvalue weighted by molar-refractivity contribution is 9.10. The van der Waals surface area contributed by atoms with Crippen molar-refractivity contribution >= 4 is 33.4 Å². The van der Waals surface area contributed by atoms with Gasteiger partial charge in [0.25, 0.3) is 0 Å². The van der Waals surface area contributed by atoms with E-state index in [0.717, 1.165) is 31.2 Å². The molecule has 4 nitrogen and oxygen atoms in total. The molecule has 0 fully saturated rings. The van der Waals surface area contributed by atoms with Gasteiger partial charge in [-0.1, -0.05) is 28.1 Å². The lowest BCUT2D eigenvalue weighted by Gasteiger charge is -2.22. The molecule has 6 heteroatoms. The van der Waals surface area contributed by atoms with Crippen molar-refractivity contribution in [3.63, 3.8) is 0 Å². The molecule has 1 aromatic heterocycles. The van der Waals surface area contributed by atoms with Gasteiger partial charge in [-0.2, -0.15) is 0 Å². The molecule has 0 atom stereocenters. The predicted molar refractivity (Wildman–Crippen MR) is 82.1 cm³/mol. The van der Waals surface area contributed by atoms with Crippen LogP contribution >= 0.6 is 27.3 Å². The van der Waals surface area contributed by atoms with Crippen molar-refractivity contribution in [3.8, 4) is 10.6 Å². The van der Waals surface area contributed by atoms with E-state index in [1.165, 1.54) is 4.90 Å². The predicted octanol–water partition coefficient (Wildman–Crippen LogP) is 3.92. The maximum Gasteiger partial charge on any atom is 0.407 e. The summed E-state index contributed by atoms with van der Waals surface area (Å²) in [5.41, 5.74) is 3.32. The van der Waals surface area contributed by atoms with Crippen molar-refractivity contribution in [2.24, 2.45) is 0 Å². The number of hydrogen-bond donors (Lipinski definition) is 1. The normalized spacial score (nSPS) is 14.2. The molecule has 20 heavy (non-hydrogen) atoms. The number of benzene rings is 1. The Hall–Kier alpha value is -1.40. The number of carboxylic acid groups (broad SMARTS) is 1. The van der Waals surface area contributed by atoms with Crippen LogP contribution in [-0.4, -0.2) is 27.6 Å². The van der Waals surface area contributed by atoms with Gasteiger partial charge in [0.1, 0.15) is 5.01 Å². The van der Waals surface area contributed by atoms with Crippen LogP contribution in [0.4, 0.5) is 4.79 Å². The maximum absolute atomic E-state index is 11.0. The van der Waals surface area contributed by atoms with E-state index in [2.05, 4.69) is 28.9 Å². The molecule has 0 bridgehead atoms. The third-order valence-electron chi connectivity index (χ3n) is 3.50. The Labute approximate surface area is 129 Å². The first kappa shape index (κ1) is 13.6. The summed E-state index contributed by atoms with van der Waals surface area (Å²) in [6.45, 7) is 3.04. The van der Waals surface area contributed by atoms with Crippen LogP contribution in [0.2, 0.25) is 0 Å². The maximum atomic E-state index is 11.0. The number of carbonyl (C=O) groups is 1. The van der Waals surface area contributed by atoms with Crippen LogP contribution in [0.25, 0.3) is 10.6 Å². The minimum Gasteiger partial charge on any atom is -0.465 e. The largest absolute Gasteiger partial charge is 0.465 e. The lowest BCUT2D eigenvalue weighted by Crippen LogP contribution is -2.34. The van der Waals surface area contributed by atoms with Gasteiger partial charge in [0.05, 0.1) is 12.2 Å². The summed E-state index contributed by atoms with van der Waals surface area (Å²) in [4.78, 5) is 18.2. The van der Waals surface area contributed by atoms with E-state index in [-0.39, 0.29) is 0 Å². The Kier molecular flexibility index (Phi) is 3.52. The van der Waals surface area contributed by atoms with E-state index in [1.54, 1.807) is 11.3 Å². The number of halogens is 1. The van der Waals surface area contributed by atoms with Crippen LogP contribution in [0, 0.1) is 6.92 Å². The molecule has 1 aromatic carbocycles. The molecule has 0 radical (unpaired) electrons. The molecular weight excluding hydrogens is 340 g/mol. The van der Waals surface area contributed by atoms with Gasteiger partial charge in [-0.15, -0.1) is 11.3 Å². The molecule has 1 amide bonds. The van der Waals surface area contributed by atoms with Crippen LogP contribution in [-0.2, 0) is 13.0 Å². The van der Waals surface area contributed by atoms with Gasteiger partial charge in [0, 0.05) is 27.9 Å². The van der Waals surface area contributed by atoms with Crippen LogP contribution < -0.4 is 0 Å². The molecule has 3 rings (SSSR count). The molecule has 2 aromatic rings. The zero-order chi connectivity index (χ0) is 14.3. The zero-order valence-electron chi connectivity index (χ0n) is 10.9. The zero-order valence-corrected chi connectivity index (χ0v) is 13.3. The van der Waals surface area contributed by atoms with Crippen molar-refractivity contribution in [1.29, 1.82) is 0 Å². The molecule has 0 unspecified atom stereocenters. The minimum absolute atomic E-state index is 0.454. The molecular formula is C14H13BrN2O2S. The molecule has 2 heterocycles. The number of thiazole rings is 1. The van der Waals surface area contributed by atoms with Crippen molar-refractivity contribution in [3.05, 3.63) is 38.8 Å². The van der Waals surface area contributed by atoms with Gasteiger partial charge in [-0.3, -0.25) is 0 Å². The number of aromatic nitrogens is 1. The lowest BCUT2D eigenvalue weighted by atomic mass is 10.1. The van der Waals surface area contributed by atoms with Crippen molar-refractivity contribution in [2.75, 3.05) is 6.54 Å². The first-order valence-electron chi connectivity index (χ1n) is 6.28. The van der Waals surface area contributed by atoms with Crippen molar-refractivity contribution in [2.45, 2.75) is 19.9 Å². The van der Waals surface area contributed by atoms with Gasteiger partial charge >= 0.3 is 6.09 Å². The summed E-state index contributed by atoms with van der Waals surface area (Å²) in [5.74, 6) is 0. The van der Waals surface area contributed by atoms with Crippen molar-refractivity contribution < 1.29 is 9.90 Å². The Morgan fingerprint density at radius 3 is 3.05 bits per heavy atom. The van der Waals surface area contributed by atoms with Crippen LogP contribution in [0.15, 0.2) is 22.7 Å². The van der Waals surface area contributed by atoms with E-state index < -0.39 is 6.09 Å². The molecule has 0 spiro atoms.